The molecule has 0 bridgehead atoms. The summed E-state index contributed by atoms with van der Waals surface area (Å²) in [6.07, 6.45) is 2.46. The zero-order valence-corrected chi connectivity index (χ0v) is 10.9. The second-order valence-electron chi connectivity index (χ2n) is 4.71. The molecule has 0 aliphatic carbocycles. The summed E-state index contributed by atoms with van der Waals surface area (Å²) in [5, 5.41) is 11.5. The van der Waals surface area contributed by atoms with E-state index in [2.05, 4.69) is 34.3 Å². The average Bonchev–Trinajstić information content (AvgIpc) is 2.98. The summed E-state index contributed by atoms with van der Waals surface area (Å²) in [6.45, 7) is 9.34. The lowest BCUT2D eigenvalue weighted by Crippen LogP contribution is -2.20. The summed E-state index contributed by atoms with van der Waals surface area (Å²) < 4.78 is 5.72. The van der Waals surface area contributed by atoms with Crippen LogP contribution in [0.4, 0.5) is 6.01 Å². The maximum atomic E-state index is 5.72. The highest BCUT2D eigenvalue weighted by Gasteiger charge is 2.25. The van der Waals surface area contributed by atoms with Gasteiger partial charge in [-0.1, -0.05) is 25.4 Å². The van der Waals surface area contributed by atoms with Crippen molar-refractivity contribution in [2.45, 2.75) is 39.7 Å². The Bertz CT molecular complexity index is 352. The molecule has 1 saturated heterocycles. The van der Waals surface area contributed by atoms with Gasteiger partial charge in [0.05, 0.1) is 6.04 Å². The van der Waals surface area contributed by atoms with Crippen LogP contribution in [0.2, 0.25) is 0 Å². The molecule has 2 heterocycles. The number of anilines is 1. The van der Waals surface area contributed by atoms with Gasteiger partial charge in [-0.3, -0.25) is 0 Å². The second kappa shape index (κ2) is 5.49. The second-order valence-corrected chi connectivity index (χ2v) is 4.71. The third-order valence-electron chi connectivity index (χ3n) is 3.44. The van der Waals surface area contributed by atoms with Crippen LogP contribution in [0.1, 0.15) is 45.5 Å². The topological polar surface area (TPSA) is 54.2 Å². The molecule has 1 fully saturated rings. The van der Waals surface area contributed by atoms with Gasteiger partial charge < -0.3 is 14.6 Å². The molecule has 96 valence electrons. The van der Waals surface area contributed by atoms with Gasteiger partial charge in [-0.2, -0.15) is 0 Å². The number of nitrogens with one attached hydrogen (secondary N) is 1. The number of hydrogen-bond acceptors (Lipinski definition) is 5. The highest BCUT2D eigenvalue weighted by molar-refractivity contribution is 5.26. The SMILES string of the molecule is CCNC(C)c1nnc(N2CCC(CC)C2)o1. The molecule has 2 atom stereocenters. The van der Waals surface area contributed by atoms with Gasteiger partial charge >= 0.3 is 6.01 Å². The van der Waals surface area contributed by atoms with Gasteiger partial charge in [0.1, 0.15) is 0 Å². The molecular weight excluding hydrogens is 216 g/mol. The molecule has 1 aliphatic rings. The first-order chi connectivity index (χ1) is 8.24. The Morgan fingerprint density at radius 2 is 2.29 bits per heavy atom. The van der Waals surface area contributed by atoms with Crippen LogP contribution < -0.4 is 10.2 Å². The smallest absolute Gasteiger partial charge is 0.318 e. The summed E-state index contributed by atoms with van der Waals surface area (Å²) in [4.78, 5) is 2.20. The fraction of sp³-hybridized carbons (Fsp3) is 0.833. The first-order valence-corrected chi connectivity index (χ1v) is 6.56. The molecule has 0 amide bonds. The van der Waals surface area contributed by atoms with Gasteiger partial charge in [0, 0.05) is 13.1 Å². The van der Waals surface area contributed by atoms with Crippen LogP contribution in [-0.2, 0) is 0 Å². The van der Waals surface area contributed by atoms with E-state index in [4.69, 9.17) is 4.42 Å². The van der Waals surface area contributed by atoms with Crippen molar-refractivity contribution in [3.8, 4) is 0 Å². The van der Waals surface area contributed by atoms with Crippen molar-refractivity contribution in [1.82, 2.24) is 15.5 Å². The molecule has 1 aromatic heterocycles. The van der Waals surface area contributed by atoms with E-state index in [-0.39, 0.29) is 6.04 Å². The minimum Gasteiger partial charge on any atom is -0.406 e. The van der Waals surface area contributed by atoms with E-state index in [1.54, 1.807) is 0 Å². The van der Waals surface area contributed by atoms with Crippen molar-refractivity contribution >= 4 is 6.01 Å². The fourth-order valence-corrected chi connectivity index (χ4v) is 2.26. The Balaban J connectivity index is 1.98. The number of hydrogen-bond donors (Lipinski definition) is 1. The number of rotatable bonds is 5. The zero-order valence-electron chi connectivity index (χ0n) is 10.9. The Labute approximate surface area is 103 Å². The number of aromatic nitrogens is 2. The average molecular weight is 238 g/mol. The minimum absolute atomic E-state index is 0.130. The van der Waals surface area contributed by atoms with Gasteiger partial charge in [0.25, 0.3) is 0 Å². The van der Waals surface area contributed by atoms with Gasteiger partial charge in [-0.15, -0.1) is 5.10 Å². The molecular formula is C12H22N4O. The van der Waals surface area contributed by atoms with Crippen LogP contribution in [0, 0.1) is 5.92 Å². The summed E-state index contributed by atoms with van der Waals surface area (Å²) in [7, 11) is 0. The van der Waals surface area contributed by atoms with E-state index in [9.17, 15) is 0 Å². The van der Waals surface area contributed by atoms with Crippen LogP contribution in [0.5, 0.6) is 0 Å². The maximum Gasteiger partial charge on any atom is 0.318 e. The minimum atomic E-state index is 0.130. The van der Waals surface area contributed by atoms with Crippen LogP contribution in [0.25, 0.3) is 0 Å². The maximum absolute atomic E-state index is 5.72. The predicted molar refractivity (Wildman–Crippen MR) is 67.0 cm³/mol. The van der Waals surface area contributed by atoms with Crippen molar-refractivity contribution < 1.29 is 4.42 Å². The lowest BCUT2D eigenvalue weighted by atomic mass is 10.1. The summed E-state index contributed by atoms with van der Waals surface area (Å²) in [5.41, 5.74) is 0. The van der Waals surface area contributed by atoms with Crippen molar-refractivity contribution in [2.75, 3.05) is 24.5 Å². The number of nitrogens with zero attached hydrogens (tertiary/aromatic N) is 3. The Morgan fingerprint density at radius 1 is 1.47 bits per heavy atom. The molecule has 0 radical (unpaired) electrons. The van der Waals surface area contributed by atoms with E-state index < -0.39 is 0 Å². The van der Waals surface area contributed by atoms with E-state index in [1.807, 2.05) is 6.92 Å². The third-order valence-corrected chi connectivity index (χ3v) is 3.44. The molecule has 0 aromatic carbocycles. The van der Waals surface area contributed by atoms with Crippen LogP contribution in [-0.4, -0.2) is 29.8 Å². The lowest BCUT2D eigenvalue weighted by molar-refractivity contribution is 0.421. The molecule has 2 rings (SSSR count). The first-order valence-electron chi connectivity index (χ1n) is 6.56. The highest BCUT2D eigenvalue weighted by Crippen LogP contribution is 2.25. The van der Waals surface area contributed by atoms with Crippen molar-refractivity contribution in [1.29, 1.82) is 0 Å². The van der Waals surface area contributed by atoms with Gasteiger partial charge in [0.15, 0.2) is 0 Å². The van der Waals surface area contributed by atoms with Gasteiger partial charge in [0.2, 0.25) is 5.89 Å². The molecule has 5 nitrogen and oxygen atoms in total. The summed E-state index contributed by atoms with van der Waals surface area (Å²) in [6, 6.07) is 0.812. The zero-order chi connectivity index (χ0) is 12.3. The van der Waals surface area contributed by atoms with Crippen LogP contribution in [0.15, 0.2) is 4.42 Å². The van der Waals surface area contributed by atoms with Crippen LogP contribution in [0.3, 0.4) is 0 Å². The third kappa shape index (κ3) is 2.77. The van der Waals surface area contributed by atoms with Crippen LogP contribution >= 0.6 is 0 Å². The highest BCUT2D eigenvalue weighted by atomic mass is 16.4. The molecule has 0 saturated carbocycles. The van der Waals surface area contributed by atoms with E-state index in [0.717, 1.165) is 25.6 Å². The van der Waals surface area contributed by atoms with Gasteiger partial charge in [-0.25, -0.2) is 0 Å². The molecule has 2 unspecified atom stereocenters. The normalized spacial score (nSPS) is 22.1. The first kappa shape index (κ1) is 12.4. The molecule has 1 aromatic rings. The molecule has 1 N–H and O–H groups in total. The van der Waals surface area contributed by atoms with Crippen molar-refractivity contribution in [3.05, 3.63) is 5.89 Å². The monoisotopic (exact) mass is 238 g/mol. The van der Waals surface area contributed by atoms with E-state index in [0.29, 0.717) is 11.9 Å². The lowest BCUT2D eigenvalue weighted by Gasteiger charge is -2.12. The largest absolute Gasteiger partial charge is 0.406 e. The van der Waals surface area contributed by atoms with Crippen molar-refractivity contribution in [3.63, 3.8) is 0 Å². The Morgan fingerprint density at radius 3 is 2.94 bits per heavy atom. The fourth-order valence-electron chi connectivity index (χ4n) is 2.26. The summed E-state index contributed by atoms with van der Waals surface area (Å²) >= 11 is 0. The predicted octanol–water partition coefficient (Wildman–Crippen LogP) is 1.98. The molecule has 5 heteroatoms. The molecule has 0 spiro atoms. The quantitative estimate of drug-likeness (QED) is 0.850. The Hall–Kier alpha value is -1.10. The summed E-state index contributed by atoms with van der Waals surface area (Å²) in [5.74, 6) is 1.46. The standard InChI is InChI=1S/C12H22N4O/c1-4-10-6-7-16(8-10)12-15-14-11(17-12)9(3)13-5-2/h9-10,13H,4-8H2,1-3H3. The van der Waals surface area contributed by atoms with E-state index >= 15 is 0 Å². The van der Waals surface area contributed by atoms with Crippen molar-refractivity contribution in [2.24, 2.45) is 5.92 Å². The van der Waals surface area contributed by atoms with Gasteiger partial charge in [-0.05, 0) is 25.8 Å². The Kier molecular flexibility index (Phi) is 3.99. The van der Waals surface area contributed by atoms with E-state index in [1.165, 1.54) is 12.8 Å². The molecule has 17 heavy (non-hydrogen) atoms. The molecule has 1 aliphatic heterocycles.